The van der Waals surface area contributed by atoms with Gasteiger partial charge in [0.05, 0.1) is 0 Å². The van der Waals surface area contributed by atoms with Gasteiger partial charge in [-0.15, -0.1) is 0 Å². The predicted octanol–water partition coefficient (Wildman–Crippen LogP) is 4.90. The number of hydrogen-bond acceptors (Lipinski definition) is 9. The first kappa shape index (κ1) is 25.4. The summed E-state index contributed by atoms with van der Waals surface area (Å²) in [4.78, 5) is 39.9. The van der Waals surface area contributed by atoms with E-state index in [-0.39, 0.29) is 27.5 Å². The van der Waals surface area contributed by atoms with E-state index in [4.69, 9.17) is 4.42 Å². The van der Waals surface area contributed by atoms with Crippen molar-refractivity contribution in [3.8, 4) is 11.1 Å². The van der Waals surface area contributed by atoms with Crippen molar-refractivity contribution < 1.29 is 31.6 Å². The fourth-order valence-corrected chi connectivity index (χ4v) is 3.54. The number of alkyl halides is 3. The van der Waals surface area contributed by atoms with Crippen molar-refractivity contribution in [1.82, 2.24) is 19.7 Å². The Balaban J connectivity index is 1.39. The number of nitrogens with one attached hydrogen (secondary N) is 2. The van der Waals surface area contributed by atoms with Gasteiger partial charge < -0.3 is 19.9 Å². The fraction of sp³-hybridized carbons (Fsp3) is 0.0800. The van der Waals surface area contributed by atoms with Crippen LogP contribution in [0.1, 0.15) is 5.56 Å². The molecule has 0 aliphatic rings. The summed E-state index contributed by atoms with van der Waals surface area (Å²) in [6, 6.07) is 12.0. The Morgan fingerprint density at radius 2 is 1.82 bits per heavy atom. The van der Waals surface area contributed by atoms with E-state index in [9.17, 15) is 27.2 Å². The standard InChI is InChI=1S/C25H16F4N6O4/c1-13-11-31-23(33-15-4-6-17(18(26)9-15)14-3-2-8-30-12-14)34-21(13)32-16-5-7-20-19(10-16)35(24(37)38-20)39-22(36)25(27,28)29/h2-12H,1H3,(H2,31,32,33,34). The zero-order chi connectivity index (χ0) is 27.7. The van der Waals surface area contributed by atoms with Crippen LogP contribution in [-0.2, 0) is 4.79 Å². The Labute approximate surface area is 215 Å². The molecule has 2 N–H and O–H groups in total. The number of halogens is 4. The van der Waals surface area contributed by atoms with Crippen LogP contribution in [0.3, 0.4) is 0 Å². The number of carbonyl (C=O) groups excluding carboxylic acids is 1. The topological polar surface area (TPSA) is 124 Å². The third-order valence-corrected chi connectivity index (χ3v) is 5.38. The number of carbonyl (C=O) groups is 1. The highest BCUT2D eigenvalue weighted by Gasteiger charge is 2.42. The average Bonchev–Trinajstić information content (AvgIpc) is 3.20. The normalized spacial score (nSPS) is 11.4. The van der Waals surface area contributed by atoms with Crippen LogP contribution >= 0.6 is 0 Å². The first-order chi connectivity index (χ1) is 18.6. The second-order valence-electron chi connectivity index (χ2n) is 8.13. The molecule has 0 bridgehead atoms. The number of aromatic nitrogens is 4. The van der Waals surface area contributed by atoms with Gasteiger partial charge in [0.1, 0.15) is 17.2 Å². The third-order valence-electron chi connectivity index (χ3n) is 5.38. The van der Waals surface area contributed by atoms with Crippen LogP contribution in [-0.4, -0.2) is 31.8 Å². The van der Waals surface area contributed by atoms with Crippen LogP contribution in [0.5, 0.6) is 0 Å². The van der Waals surface area contributed by atoms with Gasteiger partial charge >= 0.3 is 17.9 Å². The van der Waals surface area contributed by atoms with Crippen LogP contribution in [0.2, 0.25) is 0 Å². The summed E-state index contributed by atoms with van der Waals surface area (Å²) in [7, 11) is 0. The van der Waals surface area contributed by atoms with Crippen molar-refractivity contribution in [3.05, 3.63) is 89.1 Å². The van der Waals surface area contributed by atoms with E-state index >= 15 is 0 Å². The molecule has 0 amide bonds. The molecule has 0 aliphatic heterocycles. The molecule has 3 heterocycles. The molecule has 2 aromatic carbocycles. The first-order valence-electron chi connectivity index (χ1n) is 11.1. The number of nitrogens with zero attached hydrogens (tertiary/aromatic N) is 4. The van der Waals surface area contributed by atoms with Crippen LogP contribution in [0, 0.1) is 12.7 Å². The summed E-state index contributed by atoms with van der Waals surface area (Å²) < 4.78 is 57.5. The Kier molecular flexibility index (Phi) is 6.44. The van der Waals surface area contributed by atoms with Crippen molar-refractivity contribution in [2.24, 2.45) is 0 Å². The average molecular weight is 540 g/mol. The minimum Gasteiger partial charge on any atom is -0.405 e. The van der Waals surface area contributed by atoms with Gasteiger partial charge in [-0.2, -0.15) is 18.2 Å². The molecule has 0 radical (unpaired) electrons. The Morgan fingerprint density at radius 3 is 2.54 bits per heavy atom. The molecule has 0 atom stereocenters. The maximum absolute atomic E-state index is 14.7. The smallest absolute Gasteiger partial charge is 0.405 e. The molecule has 198 valence electrons. The van der Waals surface area contributed by atoms with Gasteiger partial charge in [-0.3, -0.25) is 4.98 Å². The summed E-state index contributed by atoms with van der Waals surface area (Å²) in [5, 5.41) is 5.87. The highest BCUT2D eigenvalue weighted by atomic mass is 19.4. The fourth-order valence-electron chi connectivity index (χ4n) is 3.54. The number of oxazole rings is 1. The molecule has 3 aromatic heterocycles. The van der Waals surface area contributed by atoms with E-state index in [0.717, 1.165) is 0 Å². The van der Waals surface area contributed by atoms with Crippen LogP contribution < -0.4 is 21.2 Å². The van der Waals surface area contributed by atoms with E-state index in [0.29, 0.717) is 28.2 Å². The van der Waals surface area contributed by atoms with Crippen LogP contribution in [0.15, 0.2) is 76.3 Å². The van der Waals surface area contributed by atoms with Gasteiger partial charge in [-0.25, -0.2) is 19.0 Å². The molecule has 0 saturated heterocycles. The van der Waals surface area contributed by atoms with Gasteiger partial charge in [0, 0.05) is 46.7 Å². The highest BCUT2D eigenvalue weighted by Crippen LogP contribution is 2.27. The molecule has 5 aromatic rings. The van der Waals surface area contributed by atoms with Gasteiger partial charge in [0.2, 0.25) is 5.95 Å². The van der Waals surface area contributed by atoms with Crippen LogP contribution in [0.4, 0.5) is 40.7 Å². The van der Waals surface area contributed by atoms with Gasteiger partial charge in [-0.1, -0.05) is 10.8 Å². The molecule has 39 heavy (non-hydrogen) atoms. The number of pyridine rings is 1. The summed E-state index contributed by atoms with van der Waals surface area (Å²) in [6.45, 7) is 1.70. The lowest BCUT2D eigenvalue weighted by Gasteiger charge is -2.12. The molecular weight excluding hydrogens is 524 g/mol. The van der Waals surface area contributed by atoms with Gasteiger partial charge in [-0.05, 0) is 49.4 Å². The molecule has 14 heteroatoms. The van der Waals surface area contributed by atoms with Gasteiger partial charge in [0.15, 0.2) is 5.58 Å². The Hall–Kier alpha value is -5.27. The molecule has 5 rings (SSSR count). The van der Waals surface area contributed by atoms with Gasteiger partial charge in [0.25, 0.3) is 0 Å². The molecule has 0 saturated carbocycles. The summed E-state index contributed by atoms with van der Waals surface area (Å²) in [5.41, 5.74) is 1.90. The lowest BCUT2D eigenvalue weighted by Crippen LogP contribution is -2.36. The number of rotatable bonds is 6. The summed E-state index contributed by atoms with van der Waals surface area (Å²) >= 11 is 0. The van der Waals surface area contributed by atoms with Crippen molar-refractivity contribution in [2.45, 2.75) is 13.1 Å². The van der Waals surface area contributed by atoms with Crippen molar-refractivity contribution in [3.63, 3.8) is 0 Å². The lowest BCUT2D eigenvalue weighted by molar-refractivity contribution is -0.200. The third kappa shape index (κ3) is 5.39. The Morgan fingerprint density at radius 1 is 1.05 bits per heavy atom. The zero-order valence-corrected chi connectivity index (χ0v) is 19.8. The highest BCUT2D eigenvalue weighted by molar-refractivity contribution is 5.81. The zero-order valence-electron chi connectivity index (χ0n) is 19.8. The summed E-state index contributed by atoms with van der Waals surface area (Å²) in [6.07, 6.45) is -0.683. The number of benzene rings is 2. The second-order valence-corrected chi connectivity index (χ2v) is 8.13. The molecule has 10 nitrogen and oxygen atoms in total. The SMILES string of the molecule is Cc1cnc(Nc2ccc(-c3cccnc3)c(F)c2)nc1Nc1ccc2oc(=O)n(OC(=O)C(F)(F)F)c2c1. The van der Waals surface area contributed by atoms with Crippen molar-refractivity contribution in [2.75, 3.05) is 10.6 Å². The number of fused-ring (bicyclic) bond motifs is 1. The largest absolute Gasteiger partial charge is 0.493 e. The molecule has 0 spiro atoms. The number of aryl methyl sites for hydroxylation is 1. The van der Waals surface area contributed by atoms with E-state index in [2.05, 4.69) is 30.4 Å². The van der Waals surface area contributed by atoms with E-state index in [1.807, 2.05) is 0 Å². The monoisotopic (exact) mass is 540 g/mol. The Bertz CT molecular complexity index is 1750. The minimum absolute atomic E-state index is 0.111. The number of hydrogen-bond donors (Lipinski definition) is 2. The molecule has 0 aliphatic carbocycles. The quantitative estimate of drug-likeness (QED) is 0.290. The maximum Gasteiger partial charge on any atom is 0.493 e. The van der Waals surface area contributed by atoms with E-state index in [1.165, 1.54) is 30.5 Å². The van der Waals surface area contributed by atoms with E-state index < -0.39 is 23.7 Å². The van der Waals surface area contributed by atoms with E-state index in [1.54, 1.807) is 43.6 Å². The lowest BCUT2D eigenvalue weighted by atomic mass is 10.1. The molecular formula is C25H16F4N6O4. The first-order valence-corrected chi connectivity index (χ1v) is 11.1. The maximum atomic E-state index is 14.7. The summed E-state index contributed by atoms with van der Waals surface area (Å²) in [5.74, 6) is -3.96. The minimum atomic E-state index is -5.32. The van der Waals surface area contributed by atoms with Crippen molar-refractivity contribution in [1.29, 1.82) is 0 Å². The predicted molar refractivity (Wildman–Crippen MR) is 131 cm³/mol. The van der Waals surface area contributed by atoms with Crippen molar-refractivity contribution >= 4 is 40.2 Å². The number of anilines is 4. The van der Waals surface area contributed by atoms with Crippen LogP contribution in [0.25, 0.3) is 22.2 Å². The molecule has 0 unspecified atom stereocenters. The second kappa shape index (κ2) is 9.89. The molecule has 0 fully saturated rings.